The summed E-state index contributed by atoms with van der Waals surface area (Å²) in [5.41, 5.74) is 4.03. The van der Waals surface area contributed by atoms with E-state index >= 15 is 0 Å². The summed E-state index contributed by atoms with van der Waals surface area (Å²) in [4.78, 5) is 12.9. The van der Waals surface area contributed by atoms with Gasteiger partial charge in [0, 0.05) is 18.5 Å². The Morgan fingerprint density at radius 3 is 2.54 bits per heavy atom. The quantitative estimate of drug-likeness (QED) is 0.564. The maximum Gasteiger partial charge on any atom is 0.253 e. The van der Waals surface area contributed by atoms with E-state index in [0.29, 0.717) is 6.54 Å². The zero-order chi connectivity index (χ0) is 18.3. The second kappa shape index (κ2) is 6.26. The lowest BCUT2D eigenvalue weighted by Gasteiger charge is -2.12. The highest BCUT2D eigenvalue weighted by molar-refractivity contribution is 5.95. The Morgan fingerprint density at radius 1 is 1.04 bits per heavy atom. The minimum atomic E-state index is -0.311. The highest BCUT2D eigenvalue weighted by Gasteiger charge is 2.17. The number of nitrogens with zero attached hydrogens (tertiary/aromatic N) is 3. The second-order valence-corrected chi connectivity index (χ2v) is 6.39. The molecule has 0 unspecified atom stereocenters. The Bertz CT molecular complexity index is 1160. The molecule has 0 aliphatic rings. The number of benzene rings is 2. The molecule has 26 heavy (non-hydrogen) atoms. The Labute approximate surface area is 150 Å². The number of halogens is 1. The van der Waals surface area contributed by atoms with E-state index in [1.165, 1.54) is 12.1 Å². The molecule has 4 nitrogen and oxygen atoms in total. The van der Waals surface area contributed by atoms with E-state index in [-0.39, 0.29) is 11.4 Å². The van der Waals surface area contributed by atoms with Crippen molar-refractivity contribution < 1.29 is 4.39 Å². The van der Waals surface area contributed by atoms with Gasteiger partial charge in [-0.15, -0.1) is 0 Å². The fourth-order valence-corrected chi connectivity index (χ4v) is 3.46. The van der Waals surface area contributed by atoms with Gasteiger partial charge in [0.15, 0.2) is 0 Å². The van der Waals surface area contributed by atoms with E-state index in [0.717, 1.165) is 33.4 Å². The molecular weight excluding hydrogens is 329 g/mol. The van der Waals surface area contributed by atoms with Crippen LogP contribution in [0.25, 0.3) is 22.2 Å². The van der Waals surface area contributed by atoms with Crippen LogP contribution in [0.4, 0.5) is 4.39 Å². The predicted octanol–water partition coefficient (Wildman–Crippen LogP) is 3.90. The molecule has 0 N–H and O–H groups in total. The maximum atomic E-state index is 13.5. The minimum Gasteiger partial charge on any atom is -0.288 e. The monoisotopic (exact) mass is 347 g/mol. The Morgan fingerprint density at radius 2 is 1.81 bits per heavy atom. The van der Waals surface area contributed by atoms with Crippen molar-refractivity contribution in [1.82, 2.24) is 14.3 Å². The lowest BCUT2D eigenvalue weighted by molar-refractivity contribution is 0.622. The first-order valence-corrected chi connectivity index (χ1v) is 8.41. The summed E-state index contributed by atoms with van der Waals surface area (Å²) < 4.78 is 16.9. The van der Waals surface area contributed by atoms with Gasteiger partial charge in [0.2, 0.25) is 0 Å². The zero-order valence-electron chi connectivity index (χ0n) is 14.6. The topological polar surface area (TPSA) is 39.8 Å². The fraction of sp³-hybridized carbons (Fsp3) is 0.143. The van der Waals surface area contributed by atoms with Crippen molar-refractivity contribution in [3.63, 3.8) is 0 Å². The Hall–Kier alpha value is -3.21. The maximum absolute atomic E-state index is 13.5. The van der Waals surface area contributed by atoms with Gasteiger partial charge in [0.05, 0.1) is 12.2 Å². The molecule has 0 bridgehead atoms. The molecule has 0 fully saturated rings. The van der Waals surface area contributed by atoms with Crippen molar-refractivity contribution in [3.05, 3.63) is 88.1 Å². The summed E-state index contributed by atoms with van der Waals surface area (Å²) in [6.07, 6.45) is 0. The molecule has 2 aromatic heterocycles. The van der Waals surface area contributed by atoms with Crippen molar-refractivity contribution in [2.24, 2.45) is 7.05 Å². The first kappa shape index (κ1) is 16.3. The van der Waals surface area contributed by atoms with Gasteiger partial charge in [-0.25, -0.2) is 4.39 Å². The van der Waals surface area contributed by atoms with Gasteiger partial charge in [0.25, 0.3) is 5.56 Å². The molecule has 0 atom stereocenters. The smallest absolute Gasteiger partial charge is 0.253 e. The predicted molar refractivity (Wildman–Crippen MR) is 101 cm³/mol. The van der Waals surface area contributed by atoms with E-state index in [1.807, 2.05) is 50.4 Å². The Kier molecular flexibility index (Phi) is 3.92. The van der Waals surface area contributed by atoms with Crippen molar-refractivity contribution >= 4 is 11.0 Å². The zero-order valence-corrected chi connectivity index (χ0v) is 14.6. The number of hydrogen-bond acceptors (Lipinski definition) is 2. The third-order valence-corrected chi connectivity index (χ3v) is 4.57. The normalized spacial score (nSPS) is 11.2. The molecule has 0 aliphatic heterocycles. The van der Waals surface area contributed by atoms with E-state index in [2.05, 4.69) is 5.10 Å². The molecule has 0 saturated heterocycles. The van der Waals surface area contributed by atoms with E-state index in [9.17, 15) is 9.18 Å². The molecule has 5 heteroatoms. The van der Waals surface area contributed by atoms with Crippen LogP contribution in [-0.2, 0) is 13.6 Å². The van der Waals surface area contributed by atoms with Crippen LogP contribution in [0.2, 0.25) is 0 Å². The summed E-state index contributed by atoms with van der Waals surface area (Å²) in [5.74, 6) is -0.311. The van der Waals surface area contributed by atoms with Crippen LogP contribution >= 0.6 is 0 Å². The molecule has 2 heterocycles. The van der Waals surface area contributed by atoms with Gasteiger partial charge in [-0.1, -0.05) is 42.5 Å². The molecule has 0 saturated carbocycles. The van der Waals surface area contributed by atoms with Crippen LogP contribution < -0.4 is 5.56 Å². The summed E-state index contributed by atoms with van der Waals surface area (Å²) in [6, 6.07) is 17.8. The lowest BCUT2D eigenvalue weighted by atomic mass is 10.0. The van der Waals surface area contributed by atoms with E-state index in [1.54, 1.807) is 21.4 Å². The first-order chi connectivity index (χ1) is 12.5. The molecule has 0 radical (unpaired) electrons. The molecule has 4 aromatic rings. The van der Waals surface area contributed by atoms with Crippen LogP contribution in [0.3, 0.4) is 0 Å². The highest BCUT2D eigenvalue weighted by Crippen LogP contribution is 2.29. The lowest BCUT2D eigenvalue weighted by Crippen LogP contribution is -2.22. The number of aromatic nitrogens is 3. The fourth-order valence-electron chi connectivity index (χ4n) is 3.46. The summed E-state index contributed by atoms with van der Waals surface area (Å²) in [7, 11) is 1.83. The summed E-state index contributed by atoms with van der Waals surface area (Å²) in [6.45, 7) is 2.23. The molecule has 0 spiro atoms. The number of fused-ring (bicyclic) bond motifs is 1. The third-order valence-electron chi connectivity index (χ3n) is 4.57. The van der Waals surface area contributed by atoms with Crippen molar-refractivity contribution in [2.45, 2.75) is 13.5 Å². The van der Waals surface area contributed by atoms with E-state index in [4.69, 9.17) is 0 Å². The SMILES string of the molecule is Cc1nn(C)c2c1c(-c1ccccc1)cc(=O)n2Cc1cccc(F)c1. The Balaban J connectivity index is 1.98. The van der Waals surface area contributed by atoms with Crippen molar-refractivity contribution in [1.29, 1.82) is 0 Å². The van der Waals surface area contributed by atoms with Gasteiger partial charge in [-0.3, -0.25) is 14.0 Å². The first-order valence-electron chi connectivity index (χ1n) is 8.41. The standard InChI is InChI=1S/C21H18FN3O/c1-14-20-18(16-8-4-3-5-9-16)12-19(26)25(21(20)24(2)23-14)13-15-7-6-10-17(22)11-15/h3-12H,13H2,1-2H3. The number of rotatable bonds is 3. The molecule has 130 valence electrons. The summed E-state index contributed by atoms with van der Waals surface area (Å²) >= 11 is 0. The number of hydrogen-bond donors (Lipinski definition) is 0. The molecular formula is C21H18FN3O. The average molecular weight is 347 g/mol. The van der Waals surface area contributed by atoms with Gasteiger partial charge < -0.3 is 0 Å². The molecule has 0 aliphatic carbocycles. The minimum absolute atomic E-state index is 0.136. The van der Waals surface area contributed by atoms with Gasteiger partial charge >= 0.3 is 0 Å². The van der Waals surface area contributed by atoms with Crippen LogP contribution in [0.15, 0.2) is 65.5 Å². The molecule has 2 aromatic carbocycles. The third kappa shape index (κ3) is 2.71. The molecule has 0 amide bonds. The van der Waals surface area contributed by atoms with Gasteiger partial charge in [-0.2, -0.15) is 5.10 Å². The average Bonchev–Trinajstić information content (AvgIpc) is 2.92. The van der Waals surface area contributed by atoms with Crippen LogP contribution in [0.5, 0.6) is 0 Å². The number of aryl methyl sites for hydroxylation is 2. The van der Waals surface area contributed by atoms with Crippen LogP contribution in [-0.4, -0.2) is 14.3 Å². The van der Waals surface area contributed by atoms with Crippen molar-refractivity contribution in [2.75, 3.05) is 0 Å². The summed E-state index contributed by atoms with van der Waals surface area (Å²) in [5, 5.41) is 5.46. The largest absolute Gasteiger partial charge is 0.288 e. The van der Waals surface area contributed by atoms with Crippen LogP contribution in [0.1, 0.15) is 11.3 Å². The van der Waals surface area contributed by atoms with E-state index < -0.39 is 0 Å². The van der Waals surface area contributed by atoms with Gasteiger partial charge in [-0.05, 0) is 35.7 Å². The van der Waals surface area contributed by atoms with Crippen LogP contribution in [0, 0.1) is 12.7 Å². The van der Waals surface area contributed by atoms with Crippen molar-refractivity contribution in [3.8, 4) is 11.1 Å². The number of pyridine rings is 1. The molecule has 4 rings (SSSR count). The van der Waals surface area contributed by atoms with Gasteiger partial charge in [0.1, 0.15) is 11.5 Å². The highest BCUT2D eigenvalue weighted by atomic mass is 19.1. The second-order valence-electron chi connectivity index (χ2n) is 6.39.